The number of sulfonamides is 1. The fraction of sp³-hybridized carbons (Fsp3) is 0.667. The van der Waals surface area contributed by atoms with Crippen molar-refractivity contribution >= 4 is 21.4 Å². The van der Waals surface area contributed by atoms with Gasteiger partial charge in [0.05, 0.1) is 4.90 Å². The molecule has 1 unspecified atom stereocenters. The molecule has 3 N–H and O–H groups in total. The zero-order valence-corrected chi connectivity index (χ0v) is 13.2. The van der Waals surface area contributed by atoms with Crippen LogP contribution in [-0.4, -0.2) is 21.0 Å². The van der Waals surface area contributed by atoms with Gasteiger partial charge in [-0.1, -0.05) is 20.8 Å². The maximum absolute atomic E-state index is 12.3. The molecule has 4 nitrogen and oxygen atoms in total. The van der Waals surface area contributed by atoms with Crippen LogP contribution >= 0.6 is 11.3 Å². The average Bonchev–Trinajstić information content (AvgIpc) is 2.53. The Morgan fingerprint density at radius 2 is 1.94 bits per heavy atom. The molecule has 1 atom stereocenters. The minimum absolute atomic E-state index is 0.208. The van der Waals surface area contributed by atoms with E-state index < -0.39 is 10.0 Å². The van der Waals surface area contributed by atoms with E-state index in [1.54, 1.807) is 6.07 Å². The van der Waals surface area contributed by atoms with E-state index in [4.69, 9.17) is 5.73 Å². The molecule has 0 spiro atoms. The van der Waals surface area contributed by atoms with Gasteiger partial charge in [0.2, 0.25) is 10.0 Å². The molecule has 0 aliphatic heterocycles. The first-order valence-corrected chi connectivity index (χ1v) is 8.17. The summed E-state index contributed by atoms with van der Waals surface area (Å²) in [4.78, 5) is 2.17. The van der Waals surface area contributed by atoms with Crippen molar-refractivity contribution in [2.45, 2.75) is 45.6 Å². The van der Waals surface area contributed by atoms with Crippen LogP contribution in [0.15, 0.2) is 11.0 Å². The highest BCUT2D eigenvalue weighted by molar-refractivity contribution is 7.89. The number of aryl methyl sites for hydroxylation is 2. The van der Waals surface area contributed by atoms with Gasteiger partial charge in [-0.3, -0.25) is 0 Å². The summed E-state index contributed by atoms with van der Waals surface area (Å²) in [5.74, 6) is 0. The van der Waals surface area contributed by atoms with Crippen LogP contribution in [0.3, 0.4) is 0 Å². The minimum Gasteiger partial charge on any atom is -0.329 e. The molecule has 0 aromatic carbocycles. The second-order valence-electron chi connectivity index (χ2n) is 5.55. The Kier molecular flexibility index (Phi) is 4.59. The topological polar surface area (TPSA) is 72.2 Å². The van der Waals surface area contributed by atoms with E-state index in [1.165, 1.54) is 11.3 Å². The van der Waals surface area contributed by atoms with E-state index in [2.05, 4.69) is 4.72 Å². The zero-order valence-electron chi connectivity index (χ0n) is 11.6. The van der Waals surface area contributed by atoms with E-state index in [0.717, 1.165) is 9.75 Å². The first-order chi connectivity index (χ1) is 8.08. The lowest BCUT2D eigenvalue weighted by Gasteiger charge is -2.30. The number of nitrogens with one attached hydrogen (secondary N) is 1. The molecule has 1 heterocycles. The van der Waals surface area contributed by atoms with Crippen molar-refractivity contribution in [3.05, 3.63) is 15.8 Å². The Hall–Kier alpha value is -0.430. The summed E-state index contributed by atoms with van der Waals surface area (Å²) in [6.07, 6.45) is 0. The smallest absolute Gasteiger partial charge is 0.241 e. The fourth-order valence-electron chi connectivity index (χ4n) is 1.70. The summed E-state index contributed by atoms with van der Waals surface area (Å²) in [5.41, 5.74) is 5.46. The first kappa shape index (κ1) is 15.6. The van der Waals surface area contributed by atoms with Crippen LogP contribution in [0.4, 0.5) is 0 Å². The van der Waals surface area contributed by atoms with Gasteiger partial charge in [-0.05, 0) is 25.3 Å². The van der Waals surface area contributed by atoms with Crippen molar-refractivity contribution in [1.82, 2.24) is 4.72 Å². The maximum Gasteiger partial charge on any atom is 0.241 e. The molecule has 0 saturated carbocycles. The number of nitrogens with two attached hydrogens (primary N) is 1. The van der Waals surface area contributed by atoms with Crippen LogP contribution in [0, 0.1) is 19.3 Å². The summed E-state index contributed by atoms with van der Waals surface area (Å²) >= 11 is 1.49. The summed E-state index contributed by atoms with van der Waals surface area (Å²) in [6.45, 7) is 9.92. The van der Waals surface area contributed by atoms with Crippen LogP contribution in [-0.2, 0) is 10.0 Å². The molecule has 104 valence electrons. The van der Waals surface area contributed by atoms with Crippen LogP contribution in [0.1, 0.15) is 30.5 Å². The van der Waals surface area contributed by atoms with Crippen LogP contribution in [0.25, 0.3) is 0 Å². The Morgan fingerprint density at radius 1 is 1.39 bits per heavy atom. The molecule has 1 rings (SSSR count). The molecule has 0 amide bonds. The quantitative estimate of drug-likeness (QED) is 0.891. The summed E-state index contributed by atoms with van der Waals surface area (Å²) < 4.78 is 27.4. The molecule has 0 saturated heterocycles. The van der Waals surface area contributed by atoms with E-state index in [9.17, 15) is 8.42 Å². The Balaban J connectivity index is 3.05. The van der Waals surface area contributed by atoms with Gasteiger partial charge in [-0.25, -0.2) is 13.1 Å². The normalized spacial score (nSPS) is 14.8. The molecule has 0 bridgehead atoms. The number of hydrogen-bond donors (Lipinski definition) is 2. The highest BCUT2D eigenvalue weighted by atomic mass is 32.2. The van der Waals surface area contributed by atoms with Gasteiger partial charge >= 0.3 is 0 Å². The Bertz CT molecular complexity index is 513. The highest BCUT2D eigenvalue weighted by Gasteiger charge is 2.29. The van der Waals surface area contributed by atoms with Gasteiger partial charge in [0, 0.05) is 22.3 Å². The Labute approximate surface area is 114 Å². The fourth-order valence-corrected chi connectivity index (χ4v) is 4.71. The van der Waals surface area contributed by atoms with Crippen molar-refractivity contribution in [2.75, 3.05) is 6.54 Å². The van der Waals surface area contributed by atoms with E-state index in [-0.39, 0.29) is 18.0 Å². The predicted octanol–water partition coefficient (Wildman–Crippen LogP) is 2.02. The van der Waals surface area contributed by atoms with E-state index in [1.807, 2.05) is 34.6 Å². The van der Waals surface area contributed by atoms with E-state index >= 15 is 0 Å². The molecule has 6 heteroatoms. The first-order valence-electron chi connectivity index (χ1n) is 5.87. The van der Waals surface area contributed by atoms with Crippen LogP contribution in [0.5, 0.6) is 0 Å². The van der Waals surface area contributed by atoms with Gasteiger partial charge in [-0.15, -0.1) is 11.3 Å². The highest BCUT2D eigenvalue weighted by Crippen LogP contribution is 2.26. The van der Waals surface area contributed by atoms with Gasteiger partial charge in [0.25, 0.3) is 0 Å². The van der Waals surface area contributed by atoms with Gasteiger partial charge in [-0.2, -0.15) is 0 Å². The second kappa shape index (κ2) is 5.28. The molecule has 18 heavy (non-hydrogen) atoms. The second-order valence-corrected chi connectivity index (χ2v) is 8.70. The standard InChI is InChI=1S/C12H22N2O2S2/c1-8-6-10(9(2)17-8)18(15,16)14-11(7-13)12(3,4)5/h6,11,14H,7,13H2,1-5H3. The largest absolute Gasteiger partial charge is 0.329 e. The Morgan fingerprint density at radius 3 is 2.28 bits per heavy atom. The molecular weight excluding hydrogens is 268 g/mol. The summed E-state index contributed by atoms with van der Waals surface area (Å²) in [7, 11) is -3.48. The molecule has 0 aliphatic rings. The van der Waals surface area contributed by atoms with Crippen molar-refractivity contribution < 1.29 is 8.42 Å². The minimum atomic E-state index is -3.48. The van der Waals surface area contributed by atoms with Crippen LogP contribution < -0.4 is 10.5 Å². The molecule has 0 aliphatic carbocycles. The number of hydrogen-bond acceptors (Lipinski definition) is 4. The average molecular weight is 290 g/mol. The third kappa shape index (κ3) is 3.54. The molecule has 0 fully saturated rings. The summed E-state index contributed by atoms with van der Waals surface area (Å²) in [5, 5.41) is 0. The van der Waals surface area contributed by atoms with Gasteiger partial charge < -0.3 is 5.73 Å². The van der Waals surface area contributed by atoms with Crippen molar-refractivity contribution in [3.8, 4) is 0 Å². The molecule has 1 aromatic rings. The van der Waals surface area contributed by atoms with E-state index in [0.29, 0.717) is 4.90 Å². The zero-order chi connectivity index (χ0) is 14.1. The summed E-state index contributed by atoms with van der Waals surface area (Å²) in [6, 6.07) is 1.43. The van der Waals surface area contributed by atoms with Crippen molar-refractivity contribution in [1.29, 1.82) is 0 Å². The molecular formula is C12H22N2O2S2. The number of rotatable bonds is 4. The maximum atomic E-state index is 12.3. The predicted molar refractivity (Wildman–Crippen MR) is 76.4 cm³/mol. The van der Waals surface area contributed by atoms with Crippen LogP contribution in [0.2, 0.25) is 0 Å². The van der Waals surface area contributed by atoms with Crippen molar-refractivity contribution in [2.24, 2.45) is 11.1 Å². The lowest BCUT2D eigenvalue weighted by atomic mass is 9.88. The van der Waals surface area contributed by atoms with Gasteiger partial charge in [0.1, 0.15) is 0 Å². The monoisotopic (exact) mass is 290 g/mol. The lowest BCUT2D eigenvalue weighted by Crippen LogP contribution is -2.48. The molecule has 1 aromatic heterocycles. The lowest BCUT2D eigenvalue weighted by molar-refractivity contribution is 0.304. The van der Waals surface area contributed by atoms with Crippen molar-refractivity contribution in [3.63, 3.8) is 0 Å². The SMILES string of the molecule is Cc1cc(S(=O)(=O)NC(CN)C(C)(C)C)c(C)s1. The van der Waals surface area contributed by atoms with Gasteiger partial charge in [0.15, 0.2) is 0 Å². The number of thiophene rings is 1. The third-order valence-electron chi connectivity index (χ3n) is 2.86. The molecule has 0 radical (unpaired) electrons. The third-order valence-corrected chi connectivity index (χ3v) is 5.56.